The molecule has 0 aliphatic carbocycles. The first-order valence-corrected chi connectivity index (χ1v) is 8.70. The number of hydrogen-bond donors (Lipinski definition) is 1. The van der Waals surface area contributed by atoms with Crippen molar-refractivity contribution in [3.8, 4) is 0 Å². The van der Waals surface area contributed by atoms with Crippen molar-refractivity contribution >= 4 is 29.1 Å². The highest BCUT2D eigenvalue weighted by molar-refractivity contribution is 6.31. The van der Waals surface area contributed by atoms with Crippen molar-refractivity contribution in [2.45, 2.75) is 26.7 Å². The third-order valence-corrected chi connectivity index (χ3v) is 4.22. The standard InChI is InChI=1S/C20H23ClN2O2/c1-15-8-10-18(21)14-19(15)23(16(2)24)13-12-22-20(25)11-9-17-6-4-3-5-7-17/h3-8,10,14H,9,11-13H2,1-2H3,(H,22,25). The van der Waals surface area contributed by atoms with E-state index in [1.807, 2.05) is 43.3 Å². The van der Waals surface area contributed by atoms with Gasteiger partial charge in [0.25, 0.3) is 0 Å². The van der Waals surface area contributed by atoms with Gasteiger partial charge in [-0.3, -0.25) is 9.59 Å². The summed E-state index contributed by atoms with van der Waals surface area (Å²) >= 11 is 6.04. The van der Waals surface area contributed by atoms with E-state index in [1.165, 1.54) is 6.92 Å². The van der Waals surface area contributed by atoms with E-state index in [1.54, 1.807) is 17.0 Å². The molecule has 132 valence electrons. The van der Waals surface area contributed by atoms with Crippen LogP contribution in [0, 0.1) is 6.92 Å². The second kappa shape index (κ2) is 9.23. The first-order valence-electron chi connectivity index (χ1n) is 8.32. The Labute approximate surface area is 153 Å². The van der Waals surface area contributed by atoms with Crippen molar-refractivity contribution in [1.29, 1.82) is 0 Å². The number of aryl methyl sites for hydroxylation is 2. The molecule has 2 aromatic rings. The van der Waals surface area contributed by atoms with Crippen LogP contribution >= 0.6 is 11.6 Å². The Hall–Kier alpha value is -2.33. The summed E-state index contributed by atoms with van der Waals surface area (Å²) in [5.74, 6) is -0.0981. The van der Waals surface area contributed by atoms with Crippen LogP contribution in [0.3, 0.4) is 0 Å². The SMILES string of the molecule is CC(=O)N(CCNC(=O)CCc1ccccc1)c1cc(Cl)ccc1C. The lowest BCUT2D eigenvalue weighted by atomic mass is 10.1. The third kappa shape index (κ3) is 5.91. The Morgan fingerprint density at radius 2 is 1.84 bits per heavy atom. The normalized spacial score (nSPS) is 10.4. The zero-order chi connectivity index (χ0) is 18.2. The van der Waals surface area contributed by atoms with Gasteiger partial charge in [0.05, 0.1) is 0 Å². The summed E-state index contributed by atoms with van der Waals surface area (Å²) in [4.78, 5) is 25.6. The zero-order valence-corrected chi connectivity index (χ0v) is 15.3. The molecule has 0 unspecified atom stereocenters. The summed E-state index contributed by atoms with van der Waals surface area (Å²) < 4.78 is 0. The summed E-state index contributed by atoms with van der Waals surface area (Å²) in [7, 11) is 0. The average Bonchev–Trinajstić information content (AvgIpc) is 2.60. The highest BCUT2D eigenvalue weighted by Gasteiger charge is 2.14. The Morgan fingerprint density at radius 1 is 1.12 bits per heavy atom. The minimum atomic E-state index is -0.0797. The van der Waals surface area contributed by atoms with Crippen molar-refractivity contribution in [2.24, 2.45) is 0 Å². The number of amides is 2. The Morgan fingerprint density at radius 3 is 2.52 bits per heavy atom. The van der Waals surface area contributed by atoms with Crippen LogP contribution in [-0.2, 0) is 16.0 Å². The lowest BCUT2D eigenvalue weighted by Gasteiger charge is -2.23. The fourth-order valence-corrected chi connectivity index (χ4v) is 2.79. The minimum Gasteiger partial charge on any atom is -0.354 e. The van der Waals surface area contributed by atoms with Gasteiger partial charge in [-0.25, -0.2) is 0 Å². The number of hydrogen-bond acceptors (Lipinski definition) is 2. The molecule has 0 fully saturated rings. The van der Waals surface area contributed by atoms with Gasteiger partial charge in [-0.1, -0.05) is 48.0 Å². The fraction of sp³-hybridized carbons (Fsp3) is 0.300. The van der Waals surface area contributed by atoms with Crippen LogP contribution in [0.1, 0.15) is 24.5 Å². The van der Waals surface area contributed by atoms with Crippen LogP contribution in [0.25, 0.3) is 0 Å². The van der Waals surface area contributed by atoms with Crippen LogP contribution in [0.4, 0.5) is 5.69 Å². The number of nitrogens with one attached hydrogen (secondary N) is 1. The Bertz CT molecular complexity index is 732. The maximum absolute atomic E-state index is 12.0. The summed E-state index contributed by atoms with van der Waals surface area (Å²) in [6.45, 7) is 4.25. The van der Waals surface area contributed by atoms with Crippen LogP contribution in [0.5, 0.6) is 0 Å². The Kier molecular flexibility index (Phi) is 7.02. The van der Waals surface area contributed by atoms with Gasteiger partial charge in [-0.2, -0.15) is 0 Å². The highest BCUT2D eigenvalue weighted by atomic mass is 35.5. The van der Waals surface area contributed by atoms with E-state index < -0.39 is 0 Å². The second-order valence-corrected chi connectivity index (χ2v) is 6.37. The molecule has 0 aromatic heterocycles. The molecule has 25 heavy (non-hydrogen) atoms. The maximum Gasteiger partial charge on any atom is 0.223 e. The molecule has 5 heteroatoms. The van der Waals surface area contributed by atoms with Gasteiger partial charge in [0.2, 0.25) is 11.8 Å². The number of nitrogens with zero attached hydrogens (tertiary/aromatic N) is 1. The first-order chi connectivity index (χ1) is 12.0. The monoisotopic (exact) mass is 358 g/mol. The van der Waals surface area contributed by atoms with Gasteiger partial charge >= 0.3 is 0 Å². The number of anilines is 1. The van der Waals surface area contributed by atoms with Gasteiger partial charge in [-0.15, -0.1) is 0 Å². The topological polar surface area (TPSA) is 49.4 Å². The van der Waals surface area contributed by atoms with Crippen LogP contribution < -0.4 is 10.2 Å². The summed E-state index contributed by atoms with van der Waals surface area (Å²) in [5.41, 5.74) is 2.88. The van der Waals surface area contributed by atoms with E-state index >= 15 is 0 Å². The van der Waals surface area contributed by atoms with Crippen molar-refractivity contribution < 1.29 is 9.59 Å². The van der Waals surface area contributed by atoms with Crippen LogP contribution in [-0.4, -0.2) is 24.9 Å². The zero-order valence-electron chi connectivity index (χ0n) is 14.6. The number of rotatable bonds is 7. The van der Waals surface area contributed by atoms with Crippen LogP contribution in [0.15, 0.2) is 48.5 Å². The predicted molar refractivity (Wildman–Crippen MR) is 102 cm³/mol. The molecule has 0 heterocycles. The Balaban J connectivity index is 1.86. The summed E-state index contributed by atoms with van der Waals surface area (Å²) in [6.07, 6.45) is 1.14. The molecule has 0 atom stereocenters. The summed E-state index contributed by atoms with van der Waals surface area (Å²) in [6, 6.07) is 15.3. The van der Waals surface area contributed by atoms with E-state index in [0.717, 1.165) is 16.8 Å². The van der Waals surface area contributed by atoms with Gasteiger partial charge in [-0.05, 0) is 36.6 Å². The first kappa shape index (κ1) is 19.0. The molecule has 2 aromatic carbocycles. The highest BCUT2D eigenvalue weighted by Crippen LogP contribution is 2.24. The molecule has 0 radical (unpaired) electrons. The smallest absolute Gasteiger partial charge is 0.223 e. The molecule has 0 saturated heterocycles. The molecule has 2 amide bonds. The lowest BCUT2D eigenvalue weighted by molar-refractivity contribution is -0.121. The molecule has 0 aliphatic heterocycles. The van der Waals surface area contributed by atoms with E-state index in [9.17, 15) is 9.59 Å². The number of benzene rings is 2. The van der Waals surface area contributed by atoms with Gasteiger partial charge in [0.15, 0.2) is 0 Å². The number of carbonyl (C=O) groups is 2. The quantitative estimate of drug-likeness (QED) is 0.819. The van der Waals surface area contributed by atoms with Gasteiger partial charge in [0, 0.05) is 37.1 Å². The average molecular weight is 359 g/mol. The van der Waals surface area contributed by atoms with Crippen molar-refractivity contribution in [2.75, 3.05) is 18.0 Å². The minimum absolute atomic E-state index is 0.0184. The molecule has 4 nitrogen and oxygen atoms in total. The fourth-order valence-electron chi connectivity index (χ4n) is 2.62. The lowest BCUT2D eigenvalue weighted by Crippen LogP contribution is -2.38. The predicted octanol–water partition coefficient (Wildman–Crippen LogP) is 3.75. The summed E-state index contributed by atoms with van der Waals surface area (Å²) in [5, 5.41) is 3.46. The van der Waals surface area contributed by atoms with Gasteiger partial charge in [0.1, 0.15) is 0 Å². The third-order valence-electron chi connectivity index (χ3n) is 3.98. The van der Waals surface area contributed by atoms with E-state index in [0.29, 0.717) is 31.0 Å². The number of halogens is 1. The molecule has 0 aliphatic rings. The molecule has 0 bridgehead atoms. The molecular weight excluding hydrogens is 336 g/mol. The van der Waals surface area contributed by atoms with E-state index in [-0.39, 0.29) is 11.8 Å². The molecular formula is C20H23ClN2O2. The maximum atomic E-state index is 12.0. The molecule has 2 rings (SSSR count). The van der Waals surface area contributed by atoms with Crippen molar-refractivity contribution in [1.82, 2.24) is 5.32 Å². The van der Waals surface area contributed by atoms with E-state index in [4.69, 9.17) is 11.6 Å². The van der Waals surface area contributed by atoms with Crippen molar-refractivity contribution in [3.05, 3.63) is 64.7 Å². The van der Waals surface area contributed by atoms with E-state index in [2.05, 4.69) is 5.32 Å². The molecule has 1 N–H and O–H groups in total. The number of carbonyl (C=O) groups excluding carboxylic acids is 2. The molecule has 0 saturated carbocycles. The van der Waals surface area contributed by atoms with Gasteiger partial charge < -0.3 is 10.2 Å². The van der Waals surface area contributed by atoms with Crippen LogP contribution in [0.2, 0.25) is 5.02 Å². The molecule has 0 spiro atoms. The second-order valence-electron chi connectivity index (χ2n) is 5.94. The van der Waals surface area contributed by atoms with Crippen molar-refractivity contribution in [3.63, 3.8) is 0 Å². The largest absolute Gasteiger partial charge is 0.354 e.